The van der Waals surface area contributed by atoms with Crippen LogP contribution in [0.3, 0.4) is 0 Å². The van der Waals surface area contributed by atoms with Crippen molar-refractivity contribution in [2.24, 2.45) is 0 Å². The van der Waals surface area contributed by atoms with E-state index in [1.807, 2.05) is 36.4 Å². The smallest absolute Gasteiger partial charge is 0.152 e. The fourth-order valence-corrected chi connectivity index (χ4v) is 2.73. The van der Waals surface area contributed by atoms with Crippen molar-refractivity contribution < 1.29 is 4.39 Å². The van der Waals surface area contributed by atoms with Crippen LogP contribution in [0.5, 0.6) is 0 Å². The van der Waals surface area contributed by atoms with Crippen LogP contribution in [0, 0.1) is 0 Å². The van der Waals surface area contributed by atoms with E-state index in [0.29, 0.717) is 0 Å². The number of fused-ring (bicyclic) bond motifs is 1. The van der Waals surface area contributed by atoms with Crippen molar-refractivity contribution in [3.63, 3.8) is 0 Å². The highest BCUT2D eigenvalue weighted by Gasteiger charge is 2.21. The fourth-order valence-electron chi connectivity index (χ4n) is 2.73. The minimum Gasteiger partial charge on any atom is -0.384 e. The average molecular weight is 255 g/mol. The van der Waals surface area contributed by atoms with E-state index in [4.69, 9.17) is 0 Å². The van der Waals surface area contributed by atoms with Gasteiger partial charge in [-0.3, -0.25) is 0 Å². The van der Waals surface area contributed by atoms with Crippen LogP contribution in [0.25, 0.3) is 0 Å². The summed E-state index contributed by atoms with van der Waals surface area (Å²) >= 11 is 0. The number of para-hydroxylation sites is 1. The Bertz CT molecular complexity index is 592. The molecule has 2 aromatic carbocycles. The average Bonchev–Trinajstić information content (AvgIpc) is 2.95. The molecule has 0 saturated heterocycles. The molecule has 0 spiro atoms. The summed E-state index contributed by atoms with van der Waals surface area (Å²) in [4.78, 5) is 0. The molecule has 1 atom stereocenters. The summed E-state index contributed by atoms with van der Waals surface area (Å²) in [6.07, 6.45) is 0.878. The standard InChI is InChI=1S/C17H18FN/c1-2-12-5-3-7-14(11-12)16(18)15-8-4-6-13-9-10-19-17(13)15/h3-8,11,16,19H,2,9-10H2,1H3. The van der Waals surface area contributed by atoms with Gasteiger partial charge in [0.15, 0.2) is 6.17 Å². The number of alkyl halides is 1. The van der Waals surface area contributed by atoms with Crippen molar-refractivity contribution in [3.8, 4) is 0 Å². The lowest BCUT2D eigenvalue weighted by Gasteiger charge is -2.14. The summed E-state index contributed by atoms with van der Waals surface area (Å²) in [5.74, 6) is 0. The van der Waals surface area contributed by atoms with E-state index in [2.05, 4.69) is 18.3 Å². The van der Waals surface area contributed by atoms with Crippen molar-refractivity contribution >= 4 is 5.69 Å². The van der Waals surface area contributed by atoms with E-state index in [0.717, 1.165) is 36.2 Å². The molecular weight excluding hydrogens is 237 g/mol. The molecule has 0 bridgehead atoms. The van der Waals surface area contributed by atoms with E-state index in [9.17, 15) is 4.39 Å². The first-order chi connectivity index (χ1) is 9.29. The molecular formula is C17H18FN. The Hall–Kier alpha value is -1.83. The van der Waals surface area contributed by atoms with E-state index in [1.165, 1.54) is 11.1 Å². The zero-order chi connectivity index (χ0) is 13.2. The maximum atomic E-state index is 14.8. The van der Waals surface area contributed by atoms with Gasteiger partial charge < -0.3 is 5.32 Å². The molecule has 98 valence electrons. The van der Waals surface area contributed by atoms with Gasteiger partial charge in [0.05, 0.1) is 0 Å². The SMILES string of the molecule is CCc1cccc(C(F)c2cccc3c2NCC3)c1. The van der Waals surface area contributed by atoms with Gasteiger partial charge in [0.2, 0.25) is 0 Å². The van der Waals surface area contributed by atoms with Crippen LogP contribution in [-0.2, 0) is 12.8 Å². The number of nitrogens with one attached hydrogen (secondary N) is 1. The third kappa shape index (κ3) is 2.23. The second-order valence-electron chi connectivity index (χ2n) is 5.02. The number of halogens is 1. The highest BCUT2D eigenvalue weighted by Crippen LogP contribution is 2.36. The summed E-state index contributed by atoms with van der Waals surface area (Å²) in [5.41, 5.74) is 4.93. The molecule has 0 fully saturated rings. The Morgan fingerprint density at radius 1 is 1.21 bits per heavy atom. The van der Waals surface area contributed by atoms with Crippen LogP contribution in [0.1, 0.15) is 35.3 Å². The Morgan fingerprint density at radius 3 is 2.89 bits per heavy atom. The number of rotatable bonds is 3. The summed E-state index contributed by atoms with van der Waals surface area (Å²) in [7, 11) is 0. The lowest BCUT2D eigenvalue weighted by molar-refractivity contribution is 0.403. The Balaban J connectivity index is 2.00. The van der Waals surface area contributed by atoms with Gasteiger partial charge in [-0.2, -0.15) is 0 Å². The van der Waals surface area contributed by atoms with Crippen LogP contribution < -0.4 is 5.32 Å². The second kappa shape index (κ2) is 5.04. The van der Waals surface area contributed by atoms with Crippen molar-refractivity contribution in [2.45, 2.75) is 25.9 Å². The molecule has 3 rings (SSSR count). The minimum atomic E-state index is -1.05. The van der Waals surface area contributed by atoms with Gasteiger partial charge >= 0.3 is 0 Å². The Kier molecular flexibility index (Phi) is 3.24. The first-order valence-corrected chi connectivity index (χ1v) is 6.88. The van der Waals surface area contributed by atoms with Crippen LogP contribution in [-0.4, -0.2) is 6.54 Å². The van der Waals surface area contributed by atoms with Gasteiger partial charge in [-0.15, -0.1) is 0 Å². The maximum absolute atomic E-state index is 14.8. The van der Waals surface area contributed by atoms with Crippen LogP contribution in [0.4, 0.5) is 10.1 Å². The van der Waals surface area contributed by atoms with Crippen LogP contribution >= 0.6 is 0 Å². The maximum Gasteiger partial charge on any atom is 0.152 e. The second-order valence-corrected chi connectivity index (χ2v) is 5.02. The highest BCUT2D eigenvalue weighted by molar-refractivity contribution is 5.63. The molecule has 0 aliphatic carbocycles. The van der Waals surface area contributed by atoms with Gasteiger partial charge in [0.25, 0.3) is 0 Å². The molecule has 2 heteroatoms. The summed E-state index contributed by atoms with van der Waals surface area (Å²) in [6, 6.07) is 13.8. The van der Waals surface area contributed by atoms with Gasteiger partial charge in [-0.25, -0.2) is 4.39 Å². The summed E-state index contributed by atoms with van der Waals surface area (Å²) in [6.45, 7) is 3.00. The third-order valence-electron chi connectivity index (χ3n) is 3.80. The fraction of sp³-hybridized carbons (Fsp3) is 0.294. The molecule has 1 aliphatic rings. The molecule has 0 amide bonds. The van der Waals surface area contributed by atoms with E-state index in [-0.39, 0.29) is 0 Å². The topological polar surface area (TPSA) is 12.0 Å². The molecule has 1 aliphatic heterocycles. The van der Waals surface area contributed by atoms with Gasteiger partial charge in [0.1, 0.15) is 0 Å². The van der Waals surface area contributed by atoms with Gasteiger partial charge in [-0.05, 0) is 29.5 Å². The van der Waals surface area contributed by atoms with Crippen molar-refractivity contribution in [1.82, 2.24) is 0 Å². The third-order valence-corrected chi connectivity index (χ3v) is 3.80. The van der Waals surface area contributed by atoms with Gasteiger partial charge in [-0.1, -0.05) is 49.4 Å². The van der Waals surface area contributed by atoms with Crippen LogP contribution in [0.2, 0.25) is 0 Å². The van der Waals surface area contributed by atoms with Crippen molar-refractivity contribution in [2.75, 3.05) is 11.9 Å². The Morgan fingerprint density at radius 2 is 2.05 bits per heavy atom. The monoisotopic (exact) mass is 255 g/mol. The molecule has 2 aromatic rings. The van der Waals surface area contributed by atoms with E-state index in [1.54, 1.807) is 0 Å². The molecule has 0 saturated carbocycles. The molecule has 0 aromatic heterocycles. The normalized spacial score (nSPS) is 14.8. The number of hydrogen-bond donors (Lipinski definition) is 1. The lowest BCUT2D eigenvalue weighted by atomic mass is 9.97. The summed E-state index contributed by atoms with van der Waals surface area (Å²) in [5, 5.41) is 3.31. The van der Waals surface area contributed by atoms with Crippen LogP contribution in [0.15, 0.2) is 42.5 Å². The van der Waals surface area contributed by atoms with E-state index >= 15 is 0 Å². The lowest BCUT2D eigenvalue weighted by Crippen LogP contribution is -2.01. The largest absolute Gasteiger partial charge is 0.384 e. The number of aryl methyl sites for hydroxylation is 1. The first-order valence-electron chi connectivity index (χ1n) is 6.88. The number of anilines is 1. The van der Waals surface area contributed by atoms with E-state index < -0.39 is 6.17 Å². The van der Waals surface area contributed by atoms with Crippen molar-refractivity contribution in [3.05, 3.63) is 64.7 Å². The summed E-state index contributed by atoms with van der Waals surface area (Å²) < 4.78 is 14.8. The van der Waals surface area contributed by atoms with Gasteiger partial charge in [0, 0.05) is 17.8 Å². The predicted molar refractivity (Wildman–Crippen MR) is 77.4 cm³/mol. The quantitative estimate of drug-likeness (QED) is 0.863. The molecule has 1 unspecified atom stereocenters. The zero-order valence-corrected chi connectivity index (χ0v) is 11.1. The Labute approximate surface area is 113 Å². The minimum absolute atomic E-state index is 0.751. The zero-order valence-electron chi connectivity index (χ0n) is 11.1. The molecule has 19 heavy (non-hydrogen) atoms. The van der Waals surface area contributed by atoms with Crippen molar-refractivity contribution in [1.29, 1.82) is 0 Å². The first kappa shape index (κ1) is 12.2. The molecule has 1 N–H and O–H groups in total. The molecule has 1 nitrogen and oxygen atoms in total. The number of benzene rings is 2. The number of hydrogen-bond acceptors (Lipinski definition) is 1. The predicted octanol–water partition coefficient (Wildman–Crippen LogP) is 4.28. The highest BCUT2D eigenvalue weighted by atomic mass is 19.1. The molecule has 0 radical (unpaired) electrons. The molecule has 1 heterocycles.